The Kier molecular flexibility index (Phi) is 3.33. The summed E-state index contributed by atoms with van der Waals surface area (Å²) < 4.78 is 0. The molecule has 0 amide bonds. The maximum Gasteiger partial charge on any atom is 0.292 e. The molecule has 1 heterocycles. The van der Waals surface area contributed by atoms with Crippen molar-refractivity contribution in [1.29, 1.82) is 0 Å². The SMILES string of the molecule is Cc1ccc(NC2CCSC2)c([N+](=O)[O-])c1. The molecule has 5 heteroatoms. The Balaban J connectivity index is 2.21. The minimum absolute atomic E-state index is 0.178. The van der Waals surface area contributed by atoms with Crippen molar-refractivity contribution in [3.63, 3.8) is 0 Å². The lowest BCUT2D eigenvalue weighted by molar-refractivity contribution is -0.384. The lowest BCUT2D eigenvalue weighted by atomic mass is 10.1. The summed E-state index contributed by atoms with van der Waals surface area (Å²) in [5.41, 5.74) is 1.73. The Labute approximate surface area is 98.6 Å². The van der Waals surface area contributed by atoms with Gasteiger partial charge in [0, 0.05) is 17.9 Å². The molecule has 0 aromatic heterocycles. The molecule has 1 aliphatic rings. The van der Waals surface area contributed by atoms with Crippen LogP contribution in [0.1, 0.15) is 12.0 Å². The first-order valence-electron chi connectivity index (χ1n) is 5.26. The van der Waals surface area contributed by atoms with Gasteiger partial charge < -0.3 is 5.32 Å². The molecule has 4 nitrogen and oxygen atoms in total. The van der Waals surface area contributed by atoms with Crippen molar-refractivity contribution in [2.75, 3.05) is 16.8 Å². The van der Waals surface area contributed by atoms with Crippen molar-refractivity contribution in [2.45, 2.75) is 19.4 Å². The van der Waals surface area contributed by atoms with Gasteiger partial charge in [0.05, 0.1) is 4.92 Å². The molecule has 0 aliphatic carbocycles. The van der Waals surface area contributed by atoms with Gasteiger partial charge in [-0.1, -0.05) is 6.07 Å². The molecule has 0 saturated carbocycles. The van der Waals surface area contributed by atoms with Crippen LogP contribution in [0.15, 0.2) is 18.2 Å². The zero-order chi connectivity index (χ0) is 11.5. The second-order valence-electron chi connectivity index (χ2n) is 3.98. The van der Waals surface area contributed by atoms with Crippen LogP contribution < -0.4 is 5.32 Å². The van der Waals surface area contributed by atoms with Gasteiger partial charge >= 0.3 is 0 Å². The summed E-state index contributed by atoms with van der Waals surface area (Å²) in [6.45, 7) is 1.86. The Morgan fingerprint density at radius 3 is 3.00 bits per heavy atom. The van der Waals surface area contributed by atoms with E-state index in [0.717, 1.165) is 23.5 Å². The van der Waals surface area contributed by atoms with Crippen molar-refractivity contribution in [3.8, 4) is 0 Å². The highest BCUT2D eigenvalue weighted by Gasteiger charge is 2.20. The number of nitro groups is 1. The number of anilines is 1. The summed E-state index contributed by atoms with van der Waals surface area (Å²) in [5.74, 6) is 2.17. The number of nitrogens with one attached hydrogen (secondary N) is 1. The van der Waals surface area contributed by atoms with Crippen molar-refractivity contribution < 1.29 is 4.92 Å². The fourth-order valence-electron chi connectivity index (χ4n) is 1.78. The number of rotatable bonds is 3. The minimum atomic E-state index is -0.322. The number of nitro benzene ring substituents is 1. The van der Waals surface area contributed by atoms with Crippen LogP contribution in [0.25, 0.3) is 0 Å². The average molecular weight is 238 g/mol. The van der Waals surface area contributed by atoms with Gasteiger partial charge in [0.1, 0.15) is 5.69 Å². The summed E-state index contributed by atoms with van der Waals surface area (Å²) >= 11 is 1.89. The molecule has 1 N–H and O–H groups in total. The van der Waals surface area contributed by atoms with Crippen molar-refractivity contribution in [1.82, 2.24) is 0 Å². The summed E-state index contributed by atoms with van der Waals surface area (Å²) in [6.07, 6.45) is 1.08. The van der Waals surface area contributed by atoms with Gasteiger partial charge in [0.25, 0.3) is 5.69 Å². The molecule has 0 bridgehead atoms. The van der Waals surface area contributed by atoms with Gasteiger partial charge in [0.2, 0.25) is 0 Å². The molecule has 1 aromatic rings. The molecule has 1 aliphatic heterocycles. The molecule has 2 rings (SSSR count). The Bertz CT molecular complexity index is 403. The average Bonchev–Trinajstić information content (AvgIpc) is 2.73. The van der Waals surface area contributed by atoms with E-state index in [1.165, 1.54) is 0 Å². The second-order valence-corrected chi connectivity index (χ2v) is 5.13. The first kappa shape index (κ1) is 11.3. The molecule has 1 aromatic carbocycles. The standard InChI is InChI=1S/C11H14N2O2S/c1-8-2-3-10(11(6-8)13(14)15)12-9-4-5-16-7-9/h2-3,6,9,12H,4-5,7H2,1H3. The largest absolute Gasteiger partial charge is 0.376 e. The monoisotopic (exact) mass is 238 g/mol. The zero-order valence-electron chi connectivity index (χ0n) is 9.10. The van der Waals surface area contributed by atoms with E-state index in [-0.39, 0.29) is 10.6 Å². The molecule has 86 valence electrons. The van der Waals surface area contributed by atoms with E-state index < -0.39 is 0 Å². The first-order valence-corrected chi connectivity index (χ1v) is 6.41. The fourth-order valence-corrected chi connectivity index (χ4v) is 2.94. The predicted octanol–water partition coefficient (Wildman–Crippen LogP) is 2.82. The third-order valence-electron chi connectivity index (χ3n) is 2.64. The maximum atomic E-state index is 10.9. The van der Waals surface area contributed by atoms with Crippen molar-refractivity contribution in [3.05, 3.63) is 33.9 Å². The molecular formula is C11H14N2O2S. The molecular weight excluding hydrogens is 224 g/mol. The third-order valence-corrected chi connectivity index (χ3v) is 3.80. The number of benzene rings is 1. The topological polar surface area (TPSA) is 55.2 Å². The number of hydrogen-bond acceptors (Lipinski definition) is 4. The van der Waals surface area contributed by atoms with Crippen LogP contribution in [0.5, 0.6) is 0 Å². The Morgan fingerprint density at radius 2 is 2.38 bits per heavy atom. The molecule has 0 radical (unpaired) electrons. The van der Waals surface area contributed by atoms with Crippen LogP contribution in [0, 0.1) is 17.0 Å². The van der Waals surface area contributed by atoms with E-state index in [1.54, 1.807) is 12.1 Å². The van der Waals surface area contributed by atoms with E-state index in [9.17, 15) is 10.1 Å². The van der Waals surface area contributed by atoms with Gasteiger partial charge in [0.15, 0.2) is 0 Å². The zero-order valence-corrected chi connectivity index (χ0v) is 9.92. The highest BCUT2D eigenvalue weighted by Crippen LogP contribution is 2.28. The molecule has 1 saturated heterocycles. The molecule has 16 heavy (non-hydrogen) atoms. The first-order chi connectivity index (χ1) is 7.66. The highest BCUT2D eigenvalue weighted by atomic mass is 32.2. The molecule has 1 unspecified atom stereocenters. The third kappa shape index (κ3) is 2.47. The van der Waals surface area contributed by atoms with Crippen molar-refractivity contribution >= 4 is 23.1 Å². The van der Waals surface area contributed by atoms with E-state index >= 15 is 0 Å². The smallest absolute Gasteiger partial charge is 0.292 e. The summed E-state index contributed by atoms with van der Waals surface area (Å²) in [4.78, 5) is 10.6. The number of nitrogens with zero attached hydrogens (tertiary/aromatic N) is 1. The van der Waals surface area contributed by atoms with Gasteiger partial charge in [-0.15, -0.1) is 0 Å². The quantitative estimate of drug-likeness (QED) is 0.650. The van der Waals surface area contributed by atoms with Crippen LogP contribution in [-0.2, 0) is 0 Å². The number of hydrogen-bond donors (Lipinski definition) is 1. The number of aryl methyl sites for hydroxylation is 1. The maximum absolute atomic E-state index is 10.9. The van der Waals surface area contributed by atoms with Crippen LogP contribution >= 0.6 is 11.8 Å². The van der Waals surface area contributed by atoms with Crippen LogP contribution in [0.4, 0.5) is 11.4 Å². The van der Waals surface area contributed by atoms with Crippen LogP contribution in [0.3, 0.4) is 0 Å². The van der Waals surface area contributed by atoms with Crippen LogP contribution in [-0.4, -0.2) is 22.5 Å². The lowest BCUT2D eigenvalue weighted by Gasteiger charge is -2.13. The minimum Gasteiger partial charge on any atom is -0.376 e. The van der Waals surface area contributed by atoms with Crippen LogP contribution in [0.2, 0.25) is 0 Å². The van der Waals surface area contributed by atoms with Gasteiger partial charge in [-0.2, -0.15) is 11.8 Å². The fraction of sp³-hybridized carbons (Fsp3) is 0.455. The summed E-state index contributed by atoms with van der Waals surface area (Å²) in [7, 11) is 0. The van der Waals surface area contributed by atoms with Gasteiger partial charge in [-0.25, -0.2) is 0 Å². The van der Waals surface area contributed by atoms with E-state index in [2.05, 4.69) is 5.32 Å². The van der Waals surface area contributed by atoms with E-state index in [1.807, 2.05) is 24.8 Å². The van der Waals surface area contributed by atoms with E-state index in [0.29, 0.717) is 11.7 Å². The molecule has 0 spiro atoms. The second kappa shape index (κ2) is 4.74. The Morgan fingerprint density at radius 1 is 1.56 bits per heavy atom. The summed E-state index contributed by atoms with van der Waals surface area (Å²) in [6, 6.07) is 5.68. The Hall–Kier alpha value is -1.23. The van der Waals surface area contributed by atoms with Gasteiger partial charge in [-0.05, 0) is 30.7 Å². The summed E-state index contributed by atoms with van der Waals surface area (Å²) in [5, 5.41) is 14.2. The van der Waals surface area contributed by atoms with E-state index in [4.69, 9.17) is 0 Å². The lowest BCUT2D eigenvalue weighted by Crippen LogP contribution is -2.18. The predicted molar refractivity (Wildman–Crippen MR) is 67.2 cm³/mol. The molecule has 1 atom stereocenters. The van der Waals surface area contributed by atoms with Crippen molar-refractivity contribution in [2.24, 2.45) is 0 Å². The highest BCUT2D eigenvalue weighted by molar-refractivity contribution is 7.99. The number of thioether (sulfide) groups is 1. The normalized spacial score (nSPS) is 19.7. The molecule has 1 fully saturated rings. The van der Waals surface area contributed by atoms with Gasteiger partial charge in [-0.3, -0.25) is 10.1 Å².